The van der Waals surface area contributed by atoms with Crippen LogP contribution in [0.3, 0.4) is 0 Å². The molecule has 0 aromatic heterocycles. The van der Waals surface area contributed by atoms with Gasteiger partial charge >= 0.3 is 0 Å². The first-order valence-electron chi connectivity index (χ1n) is 9.90. The molecule has 6 heteroatoms. The summed E-state index contributed by atoms with van der Waals surface area (Å²) in [5.41, 5.74) is 2.76. The average Bonchev–Trinajstić information content (AvgIpc) is 2.73. The fraction of sp³-hybridized carbons (Fsp3) is 0.391. The van der Waals surface area contributed by atoms with Crippen LogP contribution in [-0.2, 0) is 11.3 Å². The molecule has 0 spiro atoms. The van der Waals surface area contributed by atoms with Crippen molar-refractivity contribution in [3.8, 4) is 11.5 Å². The molecule has 1 aliphatic heterocycles. The van der Waals surface area contributed by atoms with Gasteiger partial charge < -0.3 is 19.7 Å². The lowest BCUT2D eigenvalue weighted by molar-refractivity contribution is -0.130. The van der Waals surface area contributed by atoms with Gasteiger partial charge in [0.05, 0.1) is 7.11 Å². The molecule has 2 amide bonds. The Morgan fingerprint density at radius 3 is 2.38 bits per heavy atom. The van der Waals surface area contributed by atoms with Crippen LogP contribution in [0.4, 0.5) is 0 Å². The molecule has 1 aliphatic rings. The summed E-state index contributed by atoms with van der Waals surface area (Å²) in [5, 5.41) is 2.94. The van der Waals surface area contributed by atoms with E-state index >= 15 is 0 Å². The Kier molecular flexibility index (Phi) is 6.75. The fourth-order valence-corrected chi connectivity index (χ4v) is 3.37. The van der Waals surface area contributed by atoms with E-state index in [1.807, 2.05) is 36.1 Å². The van der Waals surface area contributed by atoms with E-state index in [2.05, 4.69) is 5.32 Å². The third kappa shape index (κ3) is 5.50. The number of ether oxygens (including phenoxy) is 2. The van der Waals surface area contributed by atoms with Crippen LogP contribution in [0, 0.1) is 6.92 Å². The van der Waals surface area contributed by atoms with Crippen LogP contribution in [0.5, 0.6) is 11.5 Å². The molecule has 0 radical (unpaired) electrons. The summed E-state index contributed by atoms with van der Waals surface area (Å²) in [4.78, 5) is 25.9. The Balaban J connectivity index is 1.64. The third-order valence-electron chi connectivity index (χ3n) is 5.18. The van der Waals surface area contributed by atoms with Crippen molar-refractivity contribution < 1.29 is 19.1 Å². The number of hydrogen-bond donors (Lipinski definition) is 1. The van der Waals surface area contributed by atoms with Crippen LogP contribution in [0.2, 0.25) is 0 Å². The molecule has 1 saturated heterocycles. The highest BCUT2D eigenvalue weighted by molar-refractivity contribution is 5.94. The lowest BCUT2D eigenvalue weighted by Crippen LogP contribution is -2.40. The summed E-state index contributed by atoms with van der Waals surface area (Å²) in [5.74, 6) is 1.07. The van der Waals surface area contributed by atoms with Crippen LogP contribution in [0.1, 0.15) is 41.3 Å². The number of rotatable bonds is 6. The summed E-state index contributed by atoms with van der Waals surface area (Å²) in [6.07, 6.45) is 1.50. The Morgan fingerprint density at radius 2 is 1.76 bits per heavy atom. The van der Waals surface area contributed by atoms with Gasteiger partial charge in [-0.2, -0.15) is 0 Å². The van der Waals surface area contributed by atoms with E-state index in [1.165, 1.54) is 5.56 Å². The quantitative estimate of drug-likeness (QED) is 0.813. The number of benzene rings is 2. The maximum absolute atomic E-state index is 12.6. The summed E-state index contributed by atoms with van der Waals surface area (Å²) < 4.78 is 11.5. The largest absolute Gasteiger partial charge is 0.493 e. The normalized spacial score (nSPS) is 14.4. The van der Waals surface area contributed by atoms with E-state index in [0.29, 0.717) is 36.7 Å². The van der Waals surface area contributed by atoms with Crippen molar-refractivity contribution in [2.45, 2.75) is 39.3 Å². The molecule has 29 heavy (non-hydrogen) atoms. The van der Waals surface area contributed by atoms with E-state index in [1.54, 1.807) is 32.2 Å². The van der Waals surface area contributed by atoms with Crippen molar-refractivity contribution >= 4 is 11.8 Å². The van der Waals surface area contributed by atoms with Gasteiger partial charge in [0.25, 0.3) is 5.91 Å². The molecule has 2 aromatic carbocycles. The van der Waals surface area contributed by atoms with E-state index in [4.69, 9.17) is 9.47 Å². The molecule has 0 aliphatic carbocycles. The molecule has 1 fully saturated rings. The lowest BCUT2D eigenvalue weighted by atomic mass is 10.1. The monoisotopic (exact) mass is 396 g/mol. The van der Waals surface area contributed by atoms with Crippen molar-refractivity contribution in [3.05, 3.63) is 59.2 Å². The summed E-state index contributed by atoms with van der Waals surface area (Å²) in [7, 11) is 1.58. The number of carbonyl (C=O) groups excluding carboxylic acids is 2. The van der Waals surface area contributed by atoms with Crippen molar-refractivity contribution in [3.63, 3.8) is 0 Å². The van der Waals surface area contributed by atoms with Crippen molar-refractivity contribution in [2.75, 3.05) is 20.2 Å². The van der Waals surface area contributed by atoms with E-state index < -0.39 is 0 Å². The standard InChI is InChI=1S/C23H28N2O4/c1-16-4-6-18(7-5-16)15-24-23(27)19-8-9-21(28-3)22(14-19)29-20-10-12-25(13-11-20)17(2)26/h4-9,14,20H,10-13,15H2,1-3H3,(H,24,27). The summed E-state index contributed by atoms with van der Waals surface area (Å²) >= 11 is 0. The second-order valence-corrected chi connectivity index (χ2v) is 7.36. The number of methoxy groups -OCH3 is 1. The molecule has 1 N–H and O–H groups in total. The van der Waals surface area contributed by atoms with Gasteiger partial charge in [-0.25, -0.2) is 0 Å². The Bertz CT molecular complexity index is 856. The topological polar surface area (TPSA) is 67.9 Å². The maximum Gasteiger partial charge on any atom is 0.251 e. The van der Waals surface area contributed by atoms with Crippen LogP contribution in [-0.4, -0.2) is 43.0 Å². The van der Waals surface area contributed by atoms with E-state index in [0.717, 1.165) is 18.4 Å². The van der Waals surface area contributed by atoms with E-state index in [9.17, 15) is 9.59 Å². The minimum Gasteiger partial charge on any atom is -0.493 e. The van der Waals surface area contributed by atoms with Gasteiger partial charge in [-0.1, -0.05) is 29.8 Å². The number of piperidine rings is 1. The second-order valence-electron chi connectivity index (χ2n) is 7.36. The SMILES string of the molecule is COc1ccc(C(=O)NCc2ccc(C)cc2)cc1OC1CCN(C(C)=O)CC1. The molecule has 154 valence electrons. The molecular formula is C23H28N2O4. The number of aryl methyl sites for hydroxylation is 1. The average molecular weight is 396 g/mol. The van der Waals surface area contributed by atoms with Gasteiger partial charge in [0.1, 0.15) is 6.10 Å². The highest BCUT2D eigenvalue weighted by atomic mass is 16.5. The molecule has 0 bridgehead atoms. The second kappa shape index (κ2) is 9.45. The first kappa shape index (κ1) is 20.7. The van der Waals surface area contributed by atoms with Crippen LogP contribution >= 0.6 is 0 Å². The minimum atomic E-state index is -0.163. The van der Waals surface area contributed by atoms with Crippen molar-refractivity contribution in [1.29, 1.82) is 0 Å². The molecule has 0 atom stereocenters. The minimum absolute atomic E-state index is 0.00892. The molecule has 6 nitrogen and oxygen atoms in total. The molecule has 3 rings (SSSR count). The third-order valence-corrected chi connectivity index (χ3v) is 5.18. The van der Waals surface area contributed by atoms with Gasteiger partial charge in [-0.05, 0) is 30.7 Å². The molecule has 2 aromatic rings. The zero-order chi connectivity index (χ0) is 20.8. The Morgan fingerprint density at radius 1 is 1.07 bits per heavy atom. The van der Waals surface area contributed by atoms with Crippen LogP contribution < -0.4 is 14.8 Å². The highest BCUT2D eigenvalue weighted by Gasteiger charge is 2.23. The molecule has 1 heterocycles. The zero-order valence-corrected chi connectivity index (χ0v) is 17.2. The van der Waals surface area contributed by atoms with Crippen LogP contribution in [0.15, 0.2) is 42.5 Å². The van der Waals surface area contributed by atoms with Gasteiger partial charge in [0, 0.05) is 45.0 Å². The number of nitrogens with zero attached hydrogens (tertiary/aromatic N) is 1. The smallest absolute Gasteiger partial charge is 0.251 e. The number of amides is 2. The maximum atomic E-state index is 12.6. The fourth-order valence-electron chi connectivity index (χ4n) is 3.37. The Hall–Kier alpha value is -3.02. The first-order valence-corrected chi connectivity index (χ1v) is 9.90. The molecule has 0 unspecified atom stereocenters. The summed E-state index contributed by atoms with van der Waals surface area (Å²) in [6.45, 7) is 5.44. The predicted octanol–water partition coefficient (Wildman–Crippen LogP) is 3.32. The van der Waals surface area contributed by atoms with Crippen LogP contribution in [0.25, 0.3) is 0 Å². The van der Waals surface area contributed by atoms with Gasteiger partial charge in [0.2, 0.25) is 5.91 Å². The Labute approximate surface area is 171 Å². The number of nitrogens with one attached hydrogen (secondary N) is 1. The van der Waals surface area contributed by atoms with Crippen molar-refractivity contribution in [2.24, 2.45) is 0 Å². The highest BCUT2D eigenvalue weighted by Crippen LogP contribution is 2.31. The lowest BCUT2D eigenvalue weighted by Gasteiger charge is -2.31. The van der Waals surface area contributed by atoms with Gasteiger partial charge in [-0.15, -0.1) is 0 Å². The zero-order valence-electron chi connectivity index (χ0n) is 17.2. The molecule has 0 saturated carbocycles. The molecular weight excluding hydrogens is 368 g/mol. The number of hydrogen-bond acceptors (Lipinski definition) is 4. The van der Waals surface area contributed by atoms with E-state index in [-0.39, 0.29) is 17.9 Å². The predicted molar refractivity (Wildman–Crippen MR) is 111 cm³/mol. The summed E-state index contributed by atoms with van der Waals surface area (Å²) in [6, 6.07) is 13.3. The van der Waals surface area contributed by atoms with Gasteiger partial charge in [0.15, 0.2) is 11.5 Å². The first-order chi connectivity index (χ1) is 14.0. The van der Waals surface area contributed by atoms with Gasteiger partial charge in [-0.3, -0.25) is 9.59 Å². The number of carbonyl (C=O) groups is 2. The van der Waals surface area contributed by atoms with Crippen molar-refractivity contribution in [1.82, 2.24) is 10.2 Å². The number of likely N-dealkylation sites (tertiary alicyclic amines) is 1.